The molecular weight excluding hydrogens is 452 g/mol. The maximum absolute atomic E-state index is 13.2. The van der Waals surface area contributed by atoms with E-state index in [4.69, 9.17) is 16.3 Å². The van der Waals surface area contributed by atoms with E-state index in [0.717, 1.165) is 16.7 Å². The number of alkyl carbamates (subject to hydrolysis) is 1. The van der Waals surface area contributed by atoms with Gasteiger partial charge in [0.05, 0.1) is 10.9 Å². The average Bonchev–Trinajstić information content (AvgIpc) is 3.09. The number of piperidine rings is 1. The fraction of sp³-hybridized carbons (Fsp3) is 0.364. The van der Waals surface area contributed by atoms with Gasteiger partial charge < -0.3 is 19.5 Å². The van der Waals surface area contributed by atoms with Crippen LogP contribution >= 0.6 is 22.9 Å². The van der Waals surface area contributed by atoms with Gasteiger partial charge >= 0.3 is 6.09 Å². The van der Waals surface area contributed by atoms with Crippen LogP contribution in [-0.2, 0) is 22.6 Å². The zero-order valence-corrected chi connectivity index (χ0v) is 18.9. The first kappa shape index (κ1) is 21.0. The molecule has 1 aliphatic carbocycles. The van der Waals surface area contributed by atoms with E-state index in [1.807, 2.05) is 12.1 Å². The van der Waals surface area contributed by atoms with E-state index in [1.165, 1.54) is 18.3 Å². The number of nitrogens with one attached hydrogen (secondary N) is 1. The molecule has 4 heterocycles. The van der Waals surface area contributed by atoms with Crippen LogP contribution in [0.3, 0.4) is 0 Å². The topological polar surface area (TPSA) is 93.5 Å². The number of likely N-dealkylation sites (tertiary alicyclic amines) is 1. The molecule has 2 aliphatic rings. The lowest BCUT2D eigenvalue weighted by molar-refractivity contribution is -0.140. The van der Waals surface area contributed by atoms with Gasteiger partial charge in [-0.05, 0) is 43.5 Å². The first-order valence-electron chi connectivity index (χ1n) is 10.4. The van der Waals surface area contributed by atoms with Crippen molar-refractivity contribution in [1.29, 1.82) is 0 Å². The maximum Gasteiger partial charge on any atom is 0.409 e. The van der Waals surface area contributed by atoms with Gasteiger partial charge in [-0.2, -0.15) is 0 Å². The van der Waals surface area contributed by atoms with Gasteiger partial charge in [-0.25, -0.2) is 9.78 Å². The Morgan fingerprint density at radius 1 is 1.28 bits per heavy atom. The molecule has 2 fully saturated rings. The van der Waals surface area contributed by atoms with Gasteiger partial charge in [-0.15, -0.1) is 11.3 Å². The van der Waals surface area contributed by atoms with Gasteiger partial charge in [0.25, 0.3) is 0 Å². The van der Waals surface area contributed by atoms with E-state index >= 15 is 0 Å². The molecule has 8 nitrogen and oxygen atoms in total. The smallest absolute Gasteiger partial charge is 0.409 e. The molecule has 1 aliphatic heterocycles. The summed E-state index contributed by atoms with van der Waals surface area (Å²) in [5, 5.41) is 3.44. The number of thiophene rings is 1. The summed E-state index contributed by atoms with van der Waals surface area (Å²) < 4.78 is 7.94. The highest BCUT2D eigenvalue weighted by Gasteiger charge is 2.55. The molecule has 32 heavy (non-hydrogen) atoms. The van der Waals surface area contributed by atoms with Crippen LogP contribution in [0.1, 0.15) is 35.0 Å². The summed E-state index contributed by atoms with van der Waals surface area (Å²) in [5.41, 5.74) is 1.12. The van der Waals surface area contributed by atoms with Gasteiger partial charge in [-0.1, -0.05) is 11.6 Å². The van der Waals surface area contributed by atoms with E-state index in [9.17, 15) is 14.4 Å². The number of hydrogen-bond donors (Lipinski definition) is 1. The number of hydrogen-bond acceptors (Lipinski definition) is 6. The summed E-state index contributed by atoms with van der Waals surface area (Å²) in [6.07, 6.45) is 3.71. The monoisotopic (exact) mass is 472 g/mol. The molecule has 1 N–H and O–H groups in total. The number of rotatable bonds is 6. The van der Waals surface area contributed by atoms with Crippen molar-refractivity contribution in [2.75, 3.05) is 0 Å². The highest BCUT2D eigenvalue weighted by atomic mass is 35.5. The van der Waals surface area contributed by atoms with Crippen molar-refractivity contribution in [2.45, 2.75) is 45.1 Å². The van der Waals surface area contributed by atoms with Crippen molar-refractivity contribution in [1.82, 2.24) is 19.8 Å². The van der Waals surface area contributed by atoms with E-state index in [-0.39, 0.29) is 24.3 Å². The summed E-state index contributed by atoms with van der Waals surface area (Å²) in [6, 6.07) is 7.31. The Balaban J connectivity index is 1.27. The normalized spacial score (nSPS) is 21.4. The Labute approximate surface area is 193 Å². The zero-order valence-electron chi connectivity index (χ0n) is 17.3. The van der Waals surface area contributed by atoms with Crippen molar-refractivity contribution >= 4 is 51.8 Å². The summed E-state index contributed by atoms with van der Waals surface area (Å²) >= 11 is 7.30. The minimum atomic E-state index is -0.597. The summed E-state index contributed by atoms with van der Waals surface area (Å²) in [7, 11) is 0. The van der Waals surface area contributed by atoms with Gasteiger partial charge in [0.15, 0.2) is 12.0 Å². The molecule has 166 valence electrons. The Hall–Kier alpha value is -2.91. The number of carbonyl (C=O) groups excluding carboxylic acids is 3. The third kappa shape index (κ3) is 3.98. The molecule has 2 amide bonds. The van der Waals surface area contributed by atoms with Gasteiger partial charge in [0, 0.05) is 40.7 Å². The van der Waals surface area contributed by atoms with Gasteiger partial charge in [0.1, 0.15) is 12.2 Å². The number of ether oxygens (including phenoxy) is 1. The van der Waals surface area contributed by atoms with E-state index < -0.39 is 12.3 Å². The number of fused-ring (bicyclic) bond motifs is 2. The highest BCUT2D eigenvalue weighted by molar-refractivity contribution is 7.16. The average molecular weight is 473 g/mol. The standard InChI is InChI=1S/C22H21ClN4O4S/c1-12(28)16-10-26(21-15(16)3-2-6-24-21)11-19(29)27-17-7-13(17)8-20(27)31-22(30)25-9-14-4-5-18(23)32-14/h2-6,10,13,17,20H,7-9,11H2,1H3,(H,25,30)/t13-,17-,20+/m1/s1. The summed E-state index contributed by atoms with van der Waals surface area (Å²) in [5.74, 6) is 0.123. The third-order valence-corrected chi connectivity index (χ3v) is 7.17. The van der Waals surface area contributed by atoms with E-state index in [0.29, 0.717) is 34.4 Å². The molecule has 0 radical (unpaired) electrons. The number of carbonyl (C=O) groups is 3. The summed E-state index contributed by atoms with van der Waals surface area (Å²) in [6.45, 7) is 1.84. The molecular formula is C22H21ClN4O4S. The molecule has 0 spiro atoms. The first-order chi connectivity index (χ1) is 15.4. The zero-order chi connectivity index (χ0) is 22.4. The molecule has 1 saturated carbocycles. The Kier molecular flexibility index (Phi) is 5.38. The minimum absolute atomic E-state index is 0.0270. The molecule has 10 heteroatoms. The fourth-order valence-electron chi connectivity index (χ4n) is 4.38. The maximum atomic E-state index is 13.2. The van der Waals surface area contributed by atoms with Crippen molar-refractivity contribution in [3.8, 4) is 0 Å². The van der Waals surface area contributed by atoms with Crippen LogP contribution in [0.25, 0.3) is 11.0 Å². The van der Waals surface area contributed by atoms with Gasteiger partial charge in [0.2, 0.25) is 5.91 Å². The second-order valence-corrected chi connectivity index (χ2v) is 9.92. The van der Waals surface area contributed by atoms with Crippen molar-refractivity contribution in [3.63, 3.8) is 0 Å². The number of Topliss-reactive ketones (excluding diaryl/α,β-unsaturated/α-hetero) is 1. The lowest BCUT2D eigenvalue weighted by Crippen LogP contribution is -2.44. The second-order valence-electron chi connectivity index (χ2n) is 8.12. The molecule has 3 atom stereocenters. The van der Waals surface area contributed by atoms with Gasteiger partial charge in [-0.3, -0.25) is 9.59 Å². The van der Waals surface area contributed by atoms with Crippen molar-refractivity contribution in [3.05, 3.63) is 51.4 Å². The van der Waals surface area contributed by atoms with Crippen molar-refractivity contribution in [2.24, 2.45) is 5.92 Å². The SMILES string of the molecule is CC(=O)c1cn(CC(=O)N2[C@@H](OC(=O)NCc3ccc(Cl)s3)C[C@H]3C[C@H]32)c2ncccc12. The molecule has 0 bridgehead atoms. The fourth-order valence-corrected chi connectivity index (χ4v) is 5.41. The molecule has 3 aromatic heterocycles. The highest BCUT2D eigenvalue weighted by Crippen LogP contribution is 2.48. The van der Waals surface area contributed by atoms with Crippen LogP contribution in [0.5, 0.6) is 0 Å². The summed E-state index contributed by atoms with van der Waals surface area (Å²) in [4.78, 5) is 44.5. The lowest BCUT2D eigenvalue weighted by Gasteiger charge is -2.27. The Morgan fingerprint density at radius 3 is 2.88 bits per heavy atom. The molecule has 1 saturated heterocycles. The van der Waals surface area contributed by atoms with Crippen LogP contribution in [0, 0.1) is 5.92 Å². The van der Waals surface area contributed by atoms with Crippen molar-refractivity contribution < 1.29 is 19.1 Å². The predicted molar refractivity (Wildman–Crippen MR) is 120 cm³/mol. The number of pyridine rings is 1. The van der Waals surface area contributed by atoms with Crippen LogP contribution in [-0.4, -0.2) is 44.5 Å². The molecule has 5 rings (SSSR count). The number of aromatic nitrogens is 2. The van der Waals surface area contributed by atoms with Crippen LogP contribution < -0.4 is 5.32 Å². The van der Waals surface area contributed by atoms with Crippen LogP contribution in [0.15, 0.2) is 36.7 Å². The van der Waals surface area contributed by atoms with Crippen LogP contribution in [0.4, 0.5) is 4.79 Å². The Bertz CT molecular complexity index is 1220. The minimum Gasteiger partial charge on any atom is -0.425 e. The Morgan fingerprint density at radius 2 is 2.12 bits per heavy atom. The predicted octanol–water partition coefficient (Wildman–Crippen LogP) is 3.83. The third-order valence-electron chi connectivity index (χ3n) is 5.94. The largest absolute Gasteiger partial charge is 0.425 e. The first-order valence-corrected chi connectivity index (χ1v) is 11.5. The quantitative estimate of drug-likeness (QED) is 0.550. The number of amides is 2. The second kappa shape index (κ2) is 8.22. The van der Waals surface area contributed by atoms with Crippen LogP contribution in [0.2, 0.25) is 4.34 Å². The molecule has 0 aromatic carbocycles. The van der Waals surface area contributed by atoms with E-state index in [2.05, 4.69) is 10.3 Å². The molecule has 0 unspecified atom stereocenters. The molecule has 3 aromatic rings. The number of ketones is 1. The lowest BCUT2D eigenvalue weighted by atomic mass is 10.2. The number of nitrogens with zero attached hydrogens (tertiary/aromatic N) is 3. The number of halogens is 1. The van der Waals surface area contributed by atoms with E-state index in [1.54, 1.807) is 34.0 Å².